The second kappa shape index (κ2) is 8.65. The standard InChI is InChI=1S/C23H20IN3O2/c1-27-20-10-6-5-9-19(20)25-23(27)22(16-7-3-2-4-8-16)26-21(28)15-29-18-13-11-17(24)12-14-18/h2-14,22H,15H2,1H3,(H,26,28). The number of hydrogen-bond acceptors (Lipinski definition) is 3. The summed E-state index contributed by atoms with van der Waals surface area (Å²) in [6, 6.07) is 25.0. The SMILES string of the molecule is Cn1c(C(NC(=O)COc2ccc(I)cc2)c2ccccc2)nc2ccccc21. The molecule has 5 nitrogen and oxygen atoms in total. The number of aryl methyl sites for hydroxylation is 1. The van der Waals surface area contributed by atoms with E-state index in [4.69, 9.17) is 9.72 Å². The normalized spacial score (nSPS) is 11.9. The largest absolute Gasteiger partial charge is 0.484 e. The smallest absolute Gasteiger partial charge is 0.258 e. The van der Waals surface area contributed by atoms with Crippen LogP contribution in [0.1, 0.15) is 17.4 Å². The number of nitrogens with zero attached hydrogens (tertiary/aromatic N) is 2. The van der Waals surface area contributed by atoms with Gasteiger partial charge in [0.05, 0.1) is 11.0 Å². The maximum atomic E-state index is 12.7. The van der Waals surface area contributed by atoms with Crippen molar-refractivity contribution in [2.75, 3.05) is 6.61 Å². The molecule has 6 heteroatoms. The lowest BCUT2D eigenvalue weighted by atomic mass is 10.1. The van der Waals surface area contributed by atoms with Gasteiger partial charge < -0.3 is 14.6 Å². The highest BCUT2D eigenvalue weighted by atomic mass is 127. The fourth-order valence-electron chi connectivity index (χ4n) is 3.25. The van der Waals surface area contributed by atoms with Crippen LogP contribution < -0.4 is 10.1 Å². The van der Waals surface area contributed by atoms with E-state index in [1.54, 1.807) is 0 Å². The summed E-state index contributed by atoms with van der Waals surface area (Å²) in [5.41, 5.74) is 2.89. The first kappa shape index (κ1) is 19.4. The Morgan fingerprint density at radius 3 is 2.45 bits per heavy atom. The molecule has 3 aromatic carbocycles. The third kappa shape index (κ3) is 4.42. The molecular formula is C23H20IN3O2. The van der Waals surface area contributed by atoms with E-state index in [9.17, 15) is 4.79 Å². The zero-order valence-corrected chi connectivity index (χ0v) is 18.0. The van der Waals surface area contributed by atoms with Gasteiger partial charge in [-0.25, -0.2) is 4.98 Å². The highest BCUT2D eigenvalue weighted by molar-refractivity contribution is 14.1. The highest BCUT2D eigenvalue weighted by Gasteiger charge is 2.22. The minimum Gasteiger partial charge on any atom is -0.484 e. The maximum absolute atomic E-state index is 12.7. The van der Waals surface area contributed by atoms with Crippen LogP contribution >= 0.6 is 22.6 Å². The molecule has 1 amide bonds. The number of benzene rings is 3. The first-order valence-electron chi connectivity index (χ1n) is 9.26. The van der Waals surface area contributed by atoms with Gasteiger partial charge in [-0.2, -0.15) is 0 Å². The summed E-state index contributed by atoms with van der Waals surface area (Å²) >= 11 is 2.23. The Balaban J connectivity index is 1.58. The summed E-state index contributed by atoms with van der Waals surface area (Å²) in [5, 5.41) is 3.08. The van der Waals surface area contributed by atoms with Crippen LogP contribution in [0, 0.1) is 3.57 Å². The van der Waals surface area contributed by atoms with Crippen molar-refractivity contribution in [2.45, 2.75) is 6.04 Å². The Hall–Kier alpha value is -2.87. The molecule has 4 rings (SSSR count). The Labute approximate surface area is 182 Å². The van der Waals surface area contributed by atoms with Crippen molar-refractivity contribution in [1.82, 2.24) is 14.9 Å². The number of fused-ring (bicyclic) bond motifs is 1. The molecule has 4 aromatic rings. The number of hydrogen-bond donors (Lipinski definition) is 1. The van der Waals surface area contributed by atoms with Gasteiger partial charge in [-0.1, -0.05) is 42.5 Å². The molecule has 0 aliphatic carbocycles. The van der Waals surface area contributed by atoms with Crippen LogP contribution in [-0.4, -0.2) is 22.1 Å². The lowest BCUT2D eigenvalue weighted by Crippen LogP contribution is -2.34. The topological polar surface area (TPSA) is 56.2 Å². The average Bonchev–Trinajstić information content (AvgIpc) is 3.09. The molecule has 1 aromatic heterocycles. The fraction of sp³-hybridized carbons (Fsp3) is 0.130. The average molecular weight is 497 g/mol. The third-order valence-corrected chi connectivity index (χ3v) is 5.42. The first-order valence-corrected chi connectivity index (χ1v) is 10.3. The van der Waals surface area contributed by atoms with E-state index < -0.39 is 0 Å². The lowest BCUT2D eigenvalue weighted by Gasteiger charge is -2.19. The predicted molar refractivity (Wildman–Crippen MR) is 122 cm³/mol. The summed E-state index contributed by atoms with van der Waals surface area (Å²) in [5.74, 6) is 1.24. The molecule has 0 saturated heterocycles. The third-order valence-electron chi connectivity index (χ3n) is 4.70. The maximum Gasteiger partial charge on any atom is 0.258 e. The molecule has 1 unspecified atom stereocenters. The van der Waals surface area contributed by atoms with Crippen LogP contribution in [0.2, 0.25) is 0 Å². The molecule has 1 atom stereocenters. The number of amides is 1. The summed E-state index contributed by atoms with van der Waals surface area (Å²) in [4.78, 5) is 17.5. The number of carbonyl (C=O) groups is 1. The van der Waals surface area contributed by atoms with E-state index in [1.807, 2.05) is 90.5 Å². The second-order valence-corrected chi connectivity index (χ2v) is 7.92. The number of rotatable bonds is 6. The summed E-state index contributed by atoms with van der Waals surface area (Å²) in [6.45, 7) is -0.0616. The van der Waals surface area contributed by atoms with Crippen molar-refractivity contribution in [1.29, 1.82) is 0 Å². The molecule has 0 fully saturated rings. The van der Waals surface area contributed by atoms with Crippen molar-refractivity contribution in [2.24, 2.45) is 7.05 Å². The lowest BCUT2D eigenvalue weighted by molar-refractivity contribution is -0.123. The van der Waals surface area contributed by atoms with Gasteiger partial charge in [0, 0.05) is 10.6 Å². The van der Waals surface area contributed by atoms with Crippen LogP contribution in [-0.2, 0) is 11.8 Å². The van der Waals surface area contributed by atoms with Crippen LogP contribution in [0.5, 0.6) is 5.75 Å². The molecule has 0 aliphatic rings. The van der Waals surface area contributed by atoms with E-state index in [0.717, 1.165) is 26.0 Å². The van der Waals surface area contributed by atoms with Crippen molar-refractivity contribution in [3.05, 3.63) is 93.8 Å². The zero-order chi connectivity index (χ0) is 20.2. The van der Waals surface area contributed by atoms with Crippen LogP contribution in [0.4, 0.5) is 0 Å². The van der Waals surface area contributed by atoms with Crippen molar-refractivity contribution in [3.63, 3.8) is 0 Å². The molecule has 0 radical (unpaired) electrons. The van der Waals surface area contributed by atoms with Gasteiger partial charge in [0.25, 0.3) is 5.91 Å². The number of imidazole rings is 1. The number of nitrogens with one attached hydrogen (secondary N) is 1. The minimum absolute atomic E-state index is 0.0616. The fourth-order valence-corrected chi connectivity index (χ4v) is 3.61. The van der Waals surface area contributed by atoms with E-state index in [1.165, 1.54) is 0 Å². The van der Waals surface area contributed by atoms with Gasteiger partial charge in [0.1, 0.15) is 17.6 Å². The molecule has 0 aliphatic heterocycles. The predicted octanol–water partition coefficient (Wildman–Crippen LogP) is 4.46. The van der Waals surface area contributed by atoms with Gasteiger partial charge in [-0.05, 0) is 64.6 Å². The molecule has 0 spiro atoms. The Bertz CT molecular complexity index is 1120. The van der Waals surface area contributed by atoms with Crippen LogP contribution in [0.3, 0.4) is 0 Å². The molecule has 0 saturated carbocycles. The monoisotopic (exact) mass is 497 g/mol. The van der Waals surface area contributed by atoms with E-state index in [0.29, 0.717) is 5.75 Å². The Morgan fingerprint density at radius 1 is 1.03 bits per heavy atom. The number of para-hydroxylation sites is 2. The number of ether oxygens (including phenoxy) is 1. The minimum atomic E-state index is -0.374. The number of carbonyl (C=O) groups excluding carboxylic acids is 1. The van der Waals surface area contributed by atoms with E-state index >= 15 is 0 Å². The van der Waals surface area contributed by atoms with Crippen molar-refractivity contribution < 1.29 is 9.53 Å². The molecular weight excluding hydrogens is 477 g/mol. The molecule has 1 heterocycles. The molecule has 146 valence electrons. The Morgan fingerprint density at radius 2 is 1.72 bits per heavy atom. The van der Waals surface area contributed by atoms with Crippen molar-refractivity contribution in [3.8, 4) is 5.75 Å². The summed E-state index contributed by atoms with van der Waals surface area (Å²) < 4.78 is 8.78. The quantitative estimate of drug-likeness (QED) is 0.401. The van der Waals surface area contributed by atoms with Gasteiger partial charge in [0.15, 0.2) is 6.61 Å². The van der Waals surface area contributed by atoms with Crippen LogP contribution in [0.15, 0.2) is 78.9 Å². The zero-order valence-electron chi connectivity index (χ0n) is 15.9. The molecule has 1 N–H and O–H groups in total. The van der Waals surface area contributed by atoms with Gasteiger partial charge in [-0.15, -0.1) is 0 Å². The summed E-state index contributed by atoms with van der Waals surface area (Å²) in [6.07, 6.45) is 0. The van der Waals surface area contributed by atoms with E-state index in [2.05, 4.69) is 27.9 Å². The van der Waals surface area contributed by atoms with Crippen LogP contribution in [0.25, 0.3) is 11.0 Å². The number of halogens is 1. The first-order chi connectivity index (χ1) is 14.1. The van der Waals surface area contributed by atoms with Gasteiger partial charge >= 0.3 is 0 Å². The van der Waals surface area contributed by atoms with Crippen molar-refractivity contribution >= 4 is 39.5 Å². The van der Waals surface area contributed by atoms with E-state index in [-0.39, 0.29) is 18.6 Å². The molecule has 0 bridgehead atoms. The Kier molecular flexibility index (Phi) is 5.80. The number of aromatic nitrogens is 2. The van der Waals surface area contributed by atoms with Gasteiger partial charge in [-0.3, -0.25) is 4.79 Å². The summed E-state index contributed by atoms with van der Waals surface area (Å²) in [7, 11) is 1.97. The molecule has 29 heavy (non-hydrogen) atoms. The second-order valence-electron chi connectivity index (χ2n) is 6.67. The van der Waals surface area contributed by atoms with Gasteiger partial charge in [0.2, 0.25) is 0 Å². The highest BCUT2D eigenvalue weighted by Crippen LogP contribution is 2.25.